The summed E-state index contributed by atoms with van der Waals surface area (Å²) in [4.78, 5) is 9.23. The Morgan fingerprint density at radius 2 is 1.85 bits per heavy atom. The number of anilines is 1. The van der Waals surface area contributed by atoms with Crippen molar-refractivity contribution in [2.45, 2.75) is 4.90 Å². The molecule has 112 valence electrons. The summed E-state index contributed by atoms with van der Waals surface area (Å²) >= 11 is 0. The van der Waals surface area contributed by atoms with Gasteiger partial charge in [0.1, 0.15) is 18.2 Å². The van der Waals surface area contributed by atoms with Gasteiger partial charge in [-0.2, -0.15) is 0 Å². The van der Waals surface area contributed by atoms with Crippen LogP contribution >= 0.6 is 0 Å². The van der Waals surface area contributed by atoms with Gasteiger partial charge in [0.25, 0.3) is 0 Å². The van der Waals surface area contributed by atoms with Crippen LogP contribution in [0.15, 0.2) is 17.0 Å². The standard InChI is InChI=1S/C10H13F2N3O4S/c11-7-3-6(13)4-8(12)10(7)20(17,18)15-1-2-19-5-9(14)16/h3-4,15H,1-2,5,13H2,(H2,14,16). The lowest BCUT2D eigenvalue weighted by Gasteiger charge is -2.09. The van der Waals surface area contributed by atoms with E-state index in [1.165, 1.54) is 0 Å². The fraction of sp³-hybridized carbons (Fsp3) is 0.300. The van der Waals surface area contributed by atoms with Gasteiger partial charge >= 0.3 is 0 Å². The molecule has 0 aliphatic rings. The van der Waals surface area contributed by atoms with Gasteiger partial charge in [0.2, 0.25) is 15.9 Å². The van der Waals surface area contributed by atoms with Crippen molar-refractivity contribution in [3.8, 4) is 0 Å². The van der Waals surface area contributed by atoms with E-state index in [0.29, 0.717) is 12.1 Å². The second-order valence-corrected chi connectivity index (χ2v) is 5.43. The zero-order chi connectivity index (χ0) is 15.3. The SMILES string of the molecule is NC(=O)COCCNS(=O)(=O)c1c(F)cc(N)cc1F. The first-order valence-corrected chi connectivity index (χ1v) is 6.82. The number of hydrogen-bond donors (Lipinski definition) is 3. The number of nitrogens with two attached hydrogens (primary N) is 2. The number of nitrogens with one attached hydrogen (secondary N) is 1. The predicted molar refractivity (Wildman–Crippen MR) is 66.0 cm³/mol. The van der Waals surface area contributed by atoms with Crippen LogP contribution in [0.2, 0.25) is 0 Å². The minimum atomic E-state index is -4.39. The van der Waals surface area contributed by atoms with E-state index in [2.05, 4.69) is 0 Å². The zero-order valence-electron chi connectivity index (χ0n) is 10.2. The molecule has 0 saturated carbocycles. The van der Waals surface area contributed by atoms with Gasteiger partial charge in [0, 0.05) is 12.2 Å². The third kappa shape index (κ3) is 4.40. The Labute approximate surface area is 113 Å². The van der Waals surface area contributed by atoms with Crippen molar-refractivity contribution in [3.63, 3.8) is 0 Å². The molecular weight excluding hydrogens is 296 g/mol. The molecule has 5 N–H and O–H groups in total. The molecule has 0 bridgehead atoms. The number of hydrogen-bond acceptors (Lipinski definition) is 5. The van der Waals surface area contributed by atoms with Crippen LogP contribution in [0.3, 0.4) is 0 Å². The van der Waals surface area contributed by atoms with E-state index in [-0.39, 0.29) is 25.4 Å². The molecule has 1 aromatic rings. The molecule has 0 aromatic heterocycles. The number of sulfonamides is 1. The number of rotatable bonds is 7. The topological polar surface area (TPSA) is 125 Å². The van der Waals surface area contributed by atoms with Crippen molar-refractivity contribution < 1.29 is 26.7 Å². The lowest BCUT2D eigenvalue weighted by Crippen LogP contribution is -2.30. The van der Waals surface area contributed by atoms with Crippen molar-refractivity contribution in [2.75, 3.05) is 25.5 Å². The van der Waals surface area contributed by atoms with Crippen LogP contribution in [0.25, 0.3) is 0 Å². The molecule has 0 heterocycles. The van der Waals surface area contributed by atoms with Crippen LogP contribution in [0.4, 0.5) is 14.5 Å². The van der Waals surface area contributed by atoms with Crippen molar-refractivity contribution in [1.82, 2.24) is 4.72 Å². The summed E-state index contributed by atoms with van der Waals surface area (Å²) in [7, 11) is -4.39. The van der Waals surface area contributed by atoms with E-state index >= 15 is 0 Å². The Hall–Kier alpha value is -1.78. The quantitative estimate of drug-likeness (QED) is 0.455. The first kappa shape index (κ1) is 16.3. The molecule has 1 rings (SSSR count). The van der Waals surface area contributed by atoms with E-state index in [1.54, 1.807) is 0 Å². The molecule has 0 fully saturated rings. The van der Waals surface area contributed by atoms with E-state index in [4.69, 9.17) is 16.2 Å². The summed E-state index contributed by atoms with van der Waals surface area (Å²) in [6.07, 6.45) is 0. The van der Waals surface area contributed by atoms with Gasteiger partial charge in [-0.3, -0.25) is 4.79 Å². The molecule has 0 saturated heterocycles. The summed E-state index contributed by atoms with van der Waals surface area (Å²) in [5, 5.41) is 0. The van der Waals surface area contributed by atoms with Gasteiger partial charge in [-0.15, -0.1) is 0 Å². The van der Waals surface area contributed by atoms with Gasteiger partial charge < -0.3 is 16.2 Å². The molecule has 1 aromatic carbocycles. The number of carbonyl (C=O) groups excluding carboxylic acids is 1. The Bertz CT molecular complexity index is 584. The zero-order valence-corrected chi connectivity index (χ0v) is 11.0. The Morgan fingerprint density at radius 3 is 2.35 bits per heavy atom. The number of carbonyl (C=O) groups is 1. The molecule has 0 spiro atoms. The number of nitrogen functional groups attached to an aromatic ring is 1. The van der Waals surface area contributed by atoms with E-state index in [1.807, 2.05) is 4.72 Å². The first-order chi connectivity index (χ1) is 9.24. The van der Waals surface area contributed by atoms with Gasteiger partial charge in [0.15, 0.2) is 4.90 Å². The minimum Gasteiger partial charge on any atom is -0.399 e. The molecule has 0 atom stereocenters. The van der Waals surface area contributed by atoms with E-state index in [0.717, 1.165) is 0 Å². The maximum Gasteiger partial charge on any atom is 0.246 e. The molecule has 0 unspecified atom stereocenters. The van der Waals surface area contributed by atoms with Gasteiger partial charge in [-0.05, 0) is 12.1 Å². The highest BCUT2D eigenvalue weighted by Crippen LogP contribution is 2.21. The number of primary amides is 1. The predicted octanol–water partition coefficient (Wildman–Crippen LogP) is -0.673. The summed E-state index contributed by atoms with van der Waals surface area (Å²) < 4.78 is 56.9. The average Bonchev–Trinajstić information content (AvgIpc) is 2.25. The highest BCUT2D eigenvalue weighted by molar-refractivity contribution is 7.89. The summed E-state index contributed by atoms with van der Waals surface area (Å²) in [5.74, 6) is -3.32. The van der Waals surface area contributed by atoms with Crippen LogP contribution in [0.1, 0.15) is 0 Å². The lowest BCUT2D eigenvalue weighted by atomic mass is 10.3. The highest BCUT2D eigenvalue weighted by atomic mass is 32.2. The number of amides is 1. The monoisotopic (exact) mass is 309 g/mol. The van der Waals surface area contributed by atoms with Crippen LogP contribution in [-0.4, -0.2) is 34.1 Å². The molecular formula is C10H13F2N3O4S. The fourth-order valence-corrected chi connectivity index (χ4v) is 2.46. The van der Waals surface area contributed by atoms with Crippen LogP contribution in [-0.2, 0) is 19.6 Å². The summed E-state index contributed by atoms with van der Waals surface area (Å²) in [6.45, 7) is -0.842. The van der Waals surface area contributed by atoms with Crippen LogP contribution in [0, 0.1) is 11.6 Å². The van der Waals surface area contributed by atoms with Crippen molar-refractivity contribution in [3.05, 3.63) is 23.8 Å². The Balaban J connectivity index is 2.73. The van der Waals surface area contributed by atoms with E-state index in [9.17, 15) is 22.0 Å². The summed E-state index contributed by atoms with van der Waals surface area (Å²) in [5.41, 5.74) is 9.74. The largest absolute Gasteiger partial charge is 0.399 e. The molecule has 10 heteroatoms. The fourth-order valence-electron chi connectivity index (χ4n) is 1.33. The smallest absolute Gasteiger partial charge is 0.246 e. The van der Waals surface area contributed by atoms with E-state index < -0.39 is 32.5 Å². The maximum atomic E-state index is 13.5. The first-order valence-electron chi connectivity index (χ1n) is 5.34. The molecule has 7 nitrogen and oxygen atoms in total. The van der Waals surface area contributed by atoms with Gasteiger partial charge in [-0.25, -0.2) is 21.9 Å². The van der Waals surface area contributed by atoms with Crippen molar-refractivity contribution >= 4 is 21.6 Å². The molecule has 0 aliphatic heterocycles. The molecule has 0 radical (unpaired) electrons. The normalized spacial score (nSPS) is 11.5. The van der Waals surface area contributed by atoms with Gasteiger partial charge in [-0.1, -0.05) is 0 Å². The lowest BCUT2D eigenvalue weighted by molar-refractivity contribution is -0.122. The Morgan fingerprint density at radius 1 is 1.30 bits per heavy atom. The molecule has 20 heavy (non-hydrogen) atoms. The average molecular weight is 309 g/mol. The van der Waals surface area contributed by atoms with Gasteiger partial charge in [0.05, 0.1) is 6.61 Å². The summed E-state index contributed by atoms with van der Waals surface area (Å²) in [6, 6.07) is 1.39. The van der Waals surface area contributed by atoms with Crippen molar-refractivity contribution in [1.29, 1.82) is 0 Å². The van der Waals surface area contributed by atoms with Crippen molar-refractivity contribution in [2.24, 2.45) is 5.73 Å². The second-order valence-electron chi connectivity index (χ2n) is 3.73. The molecule has 1 amide bonds. The third-order valence-corrected chi connectivity index (χ3v) is 3.58. The third-order valence-electron chi connectivity index (χ3n) is 2.07. The number of halogens is 2. The maximum absolute atomic E-state index is 13.5. The molecule has 0 aliphatic carbocycles. The number of ether oxygens (including phenoxy) is 1. The minimum absolute atomic E-state index is 0.180. The second kappa shape index (κ2) is 6.59. The number of benzene rings is 1. The highest BCUT2D eigenvalue weighted by Gasteiger charge is 2.24. The Kier molecular flexibility index (Phi) is 5.36. The van der Waals surface area contributed by atoms with Crippen LogP contribution in [0.5, 0.6) is 0 Å². The van der Waals surface area contributed by atoms with Crippen LogP contribution < -0.4 is 16.2 Å².